The lowest BCUT2D eigenvalue weighted by Gasteiger charge is -2.20. The van der Waals surface area contributed by atoms with Gasteiger partial charge in [-0.15, -0.1) is 0 Å². The normalized spacial score (nSPS) is 12.1. The summed E-state index contributed by atoms with van der Waals surface area (Å²) in [6, 6.07) is 27.1. The van der Waals surface area contributed by atoms with Crippen molar-refractivity contribution in [2.45, 2.75) is 59.5 Å². The molecule has 61 heavy (non-hydrogen) atoms. The van der Waals surface area contributed by atoms with Crippen LogP contribution in [0.15, 0.2) is 109 Å². The molecule has 0 saturated heterocycles. The Morgan fingerprint density at radius 1 is 0.508 bits per heavy atom. The standard InChI is InChI=1S/C47H48O14/c1-30(2)42(60-46(52)56-28-34-13-9-7-10-14-34)44(50)58-38-23-19-32(25-40(38)54-5)17-21-36(48)27-37(49)22-18-33-20-24-39(41(26-33)55-6)59-45(51)43(31(3)4)61-47(53)57-29-35-15-11-8-12-16-35/h7-26,30-31,42-43H,27-29H2,1-6H3/b21-17+,22-18+/t42-,43?/m0/s1. The number of allylic oxidation sites excluding steroid dienone is 2. The van der Waals surface area contributed by atoms with Crippen molar-refractivity contribution in [3.63, 3.8) is 0 Å². The molecule has 0 heterocycles. The molecular weight excluding hydrogens is 789 g/mol. The van der Waals surface area contributed by atoms with E-state index in [0.29, 0.717) is 11.1 Å². The number of ketones is 2. The van der Waals surface area contributed by atoms with Gasteiger partial charge in [0, 0.05) is 11.8 Å². The summed E-state index contributed by atoms with van der Waals surface area (Å²) in [4.78, 5) is 76.1. The van der Waals surface area contributed by atoms with E-state index < -0.39 is 66.3 Å². The largest absolute Gasteiger partial charge is 0.509 e. The average molecular weight is 837 g/mol. The Morgan fingerprint density at radius 2 is 0.885 bits per heavy atom. The highest BCUT2D eigenvalue weighted by Crippen LogP contribution is 2.31. The molecule has 0 N–H and O–H groups in total. The average Bonchev–Trinajstić information content (AvgIpc) is 3.25. The summed E-state index contributed by atoms with van der Waals surface area (Å²) < 4.78 is 42.7. The van der Waals surface area contributed by atoms with Gasteiger partial charge in [0.1, 0.15) is 13.2 Å². The fraction of sp³-hybridized carbons (Fsp3) is 0.277. The van der Waals surface area contributed by atoms with Crippen LogP contribution in [0, 0.1) is 11.8 Å². The first-order chi connectivity index (χ1) is 29.3. The summed E-state index contributed by atoms with van der Waals surface area (Å²) >= 11 is 0. The molecule has 0 aliphatic carbocycles. The van der Waals surface area contributed by atoms with Crippen LogP contribution in [0.5, 0.6) is 23.0 Å². The Kier molecular flexibility index (Phi) is 17.8. The van der Waals surface area contributed by atoms with Gasteiger partial charge in [-0.2, -0.15) is 0 Å². The van der Waals surface area contributed by atoms with Crippen LogP contribution in [0.3, 0.4) is 0 Å². The van der Waals surface area contributed by atoms with Gasteiger partial charge in [0.05, 0.1) is 20.6 Å². The molecule has 1 unspecified atom stereocenters. The summed E-state index contributed by atoms with van der Waals surface area (Å²) in [5.74, 6) is -3.08. The Bertz CT molecular complexity index is 2040. The molecule has 0 amide bonds. The molecule has 0 aliphatic heterocycles. The molecule has 320 valence electrons. The monoisotopic (exact) mass is 836 g/mol. The van der Waals surface area contributed by atoms with E-state index in [1.54, 1.807) is 88.4 Å². The highest BCUT2D eigenvalue weighted by atomic mass is 16.7. The molecule has 0 aromatic heterocycles. The van der Waals surface area contributed by atoms with Gasteiger partial charge >= 0.3 is 24.2 Å². The van der Waals surface area contributed by atoms with E-state index in [1.165, 1.54) is 62.8 Å². The molecule has 0 aliphatic rings. The van der Waals surface area contributed by atoms with Gasteiger partial charge in [0.15, 0.2) is 34.6 Å². The number of hydrogen-bond donors (Lipinski definition) is 0. The second-order valence-corrected chi connectivity index (χ2v) is 14.1. The summed E-state index contributed by atoms with van der Waals surface area (Å²) in [6.07, 6.45) is 0.414. The molecule has 0 spiro atoms. The summed E-state index contributed by atoms with van der Waals surface area (Å²) in [7, 11) is 2.74. The van der Waals surface area contributed by atoms with Gasteiger partial charge in [-0.1, -0.05) is 113 Å². The maximum absolute atomic E-state index is 13.0. The molecule has 0 saturated carbocycles. The zero-order valence-corrected chi connectivity index (χ0v) is 34.7. The highest BCUT2D eigenvalue weighted by molar-refractivity contribution is 6.11. The zero-order chi connectivity index (χ0) is 44.3. The minimum absolute atomic E-state index is 0.0294. The lowest BCUT2D eigenvalue weighted by Crippen LogP contribution is -2.35. The van der Waals surface area contributed by atoms with Gasteiger partial charge in [0.25, 0.3) is 0 Å². The van der Waals surface area contributed by atoms with Crippen LogP contribution in [-0.2, 0) is 51.3 Å². The summed E-state index contributed by atoms with van der Waals surface area (Å²) in [6.45, 7) is 6.69. The highest BCUT2D eigenvalue weighted by Gasteiger charge is 2.31. The molecule has 0 bridgehead atoms. The number of carbonyl (C=O) groups excluding carboxylic acids is 6. The maximum Gasteiger partial charge on any atom is 0.509 e. The van der Waals surface area contributed by atoms with Crippen LogP contribution in [0.2, 0.25) is 0 Å². The molecule has 4 aromatic rings. The third-order valence-electron chi connectivity index (χ3n) is 8.59. The molecule has 2 atom stereocenters. The molecular formula is C47H48O14. The number of rotatable bonds is 20. The second kappa shape index (κ2) is 23.4. The Hall–Kier alpha value is -7.22. The van der Waals surface area contributed by atoms with E-state index in [2.05, 4.69) is 0 Å². The van der Waals surface area contributed by atoms with Crippen LogP contribution in [0.4, 0.5) is 9.59 Å². The molecule has 4 aromatic carbocycles. The fourth-order valence-corrected chi connectivity index (χ4v) is 5.37. The Labute approximate surface area is 353 Å². The van der Waals surface area contributed by atoms with E-state index in [4.69, 9.17) is 37.9 Å². The quantitative estimate of drug-likeness (QED) is 0.0358. The predicted octanol–water partition coefficient (Wildman–Crippen LogP) is 8.53. The molecule has 0 radical (unpaired) electrons. The van der Waals surface area contributed by atoms with Crippen molar-refractivity contribution in [1.82, 2.24) is 0 Å². The minimum atomic E-state index is -1.27. The maximum atomic E-state index is 13.0. The number of hydrogen-bond acceptors (Lipinski definition) is 14. The summed E-state index contributed by atoms with van der Waals surface area (Å²) in [5.41, 5.74) is 2.52. The number of methoxy groups -OCH3 is 2. The van der Waals surface area contributed by atoms with Crippen molar-refractivity contribution in [2.75, 3.05) is 14.2 Å². The lowest BCUT2D eigenvalue weighted by molar-refractivity contribution is -0.148. The van der Waals surface area contributed by atoms with E-state index in [9.17, 15) is 28.8 Å². The smallest absolute Gasteiger partial charge is 0.493 e. The predicted molar refractivity (Wildman–Crippen MR) is 223 cm³/mol. The minimum Gasteiger partial charge on any atom is -0.493 e. The van der Waals surface area contributed by atoms with Gasteiger partial charge < -0.3 is 37.9 Å². The van der Waals surface area contributed by atoms with E-state index in [1.807, 2.05) is 12.1 Å². The SMILES string of the molecule is COc1cc(/C=C/C(=O)CC(=O)/C=C/c2ccc(OC(=O)[C@@H](OC(=O)OCc3ccccc3)C(C)C)c(OC)c2)ccc1OC(=O)C(OC(=O)OCc1ccccc1)C(C)C. The third kappa shape index (κ3) is 15.2. The van der Waals surface area contributed by atoms with Crippen molar-refractivity contribution >= 4 is 48.0 Å². The topological polar surface area (TPSA) is 176 Å². The molecule has 14 heteroatoms. The van der Waals surface area contributed by atoms with Crippen LogP contribution < -0.4 is 18.9 Å². The van der Waals surface area contributed by atoms with Crippen molar-refractivity contribution in [3.05, 3.63) is 131 Å². The molecule has 4 rings (SSSR count). The number of carbonyl (C=O) groups is 6. The van der Waals surface area contributed by atoms with Crippen LogP contribution >= 0.6 is 0 Å². The Balaban J connectivity index is 1.29. The van der Waals surface area contributed by atoms with Crippen LogP contribution in [-0.4, -0.2) is 62.2 Å². The molecule has 14 nitrogen and oxygen atoms in total. The van der Waals surface area contributed by atoms with Gasteiger partial charge in [-0.3, -0.25) is 9.59 Å². The fourth-order valence-electron chi connectivity index (χ4n) is 5.37. The van der Waals surface area contributed by atoms with E-state index in [0.717, 1.165) is 11.1 Å². The number of ether oxygens (including phenoxy) is 8. The molecule has 0 fully saturated rings. The van der Waals surface area contributed by atoms with E-state index >= 15 is 0 Å². The van der Waals surface area contributed by atoms with Gasteiger partial charge in [-0.05, 0) is 58.7 Å². The van der Waals surface area contributed by atoms with Crippen molar-refractivity contribution in [2.24, 2.45) is 11.8 Å². The first kappa shape index (κ1) is 46.5. The van der Waals surface area contributed by atoms with Crippen molar-refractivity contribution in [1.29, 1.82) is 0 Å². The van der Waals surface area contributed by atoms with Gasteiger partial charge in [0.2, 0.25) is 12.2 Å². The Morgan fingerprint density at radius 3 is 1.23 bits per heavy atom. The zero-order valence-electron chi connectivity index (χ0n) is 34.7. The first-order valence-corrected chi connectivity index (χ1v) is 19.2. The lowest BCUT2D eigenvalue weighted by atomic mass is 10.1. The van der Waals surface area contributed by atoms with Crippen LogP contribution in [0.1, 0.15) is 56.4 Å². The first-order valence-electron chi connectivity index (χ1n) is 19.2. The summed E-state index contributed by atoms with van der Waals surface area (Å²) in [5, 5.41) is 0. The number of benzene rings is 4. The van der Waals surface area contributed by atoms with Crippen molar-refractivity contribution in [3.8, 4) is 23.0 Å². The van der Waals surface area contributed by atoms with Crippen molar-refractivity contribution < 1.29 is 66.7 Å². The van der Waals surface area contributed by atoms with E-state index in [-0.39, 0.29) is 36.2 Å². The van der Waals surface area contributed by atoms with Gasteiger partial charge in [-0.25, -0.2) is 19.2 Å². The van der Waals surface area contributed by atoms with Crippen LogP contribution in [0.25, 0.3) is 12.2 Å². The number of esters is 2. The third-order valence-corrected chi connectivity index (χ3v) is 8.59. The second-order valence-electron chi connectivity index (χ2n) is 14.1.